The summed E-state index contributed by atoms with van der Waals surface area (Å²) in [6.45, 7) is 1.59. The Kier molecular flexibility index (Phi) is 5.27. The normalized spacial score (nSPS) is 16.1. The van der Waals surface area contributed by atoms with Crippen LogP contribution in [0.5, 0.6) is 0 Å². The Morgan fingerprint density at radius 1 is 1.28 bits per heavy atom. The van der Waals surface area contributed by atoms with E-state index in [1.54, 1.807) is 31.2 Å². The third-order valence-corrected chi connectivity index (χ3v) is 4.56. The van der Waals surface area contributed by atoms with E-state index >= 15 is 0 Å². The van der Waals surface area contributed by atoms with Crippen molar-refractivity contribution in [2.75, 3.05) is 12.0 Å². The molecule has 1 aliphatic rings. The predicted octanol–water partition coefficient (Wildman–Crippen LogP) is 3.18. The minimum atomic E-state index is -0.808. The smallest absolute Gasteiger partial charge is 0.337 e. The van der Waals surface area contributed by atoms with Crippen LogP contribution in [0, 0.1) is 21.4 Å². The Hall–Kier alpha value is -4.19. The predicted molar refractivity (Wildman–Crippen MR) is 103 cm³/mol. The third kappa shape index (κ3) is 3.64. The van der Waals surface area contributed by atoms with Crippen LogP contribution in [-0.2, 0) is 9.53 Å². The number of hydrogen-bond donors (Lipinski definition) is 1. The third-order valence-electron chi connectivity index (χ3n) is 4.56. The summed E-state index contributed by atoms with van der Waals surface area (Å²) in [5.41, 5.74) is 1.70. The molecule has 0 bridgehead atoms. The van der Waals surface area contributed by atoms with Gasteiger partial charge in [-0.15, -0.1) is 0 Å². The van der Waals surface area contributed by atoms with Gasteiger partial charge in [0.25, 0.3) is 5.69 Å². The van der Waals surface area contributed by atoms with E-state index in [0.29, 0.717) is 22.5 Å². The second-order valence-electron chi connectivity index (χ2n) is 6.22. The average molecular weight is 392 g/mol. The van der Waals surface area contributed by atoms with E-state index in [1.807, 2.05) is 6.07 Å². The monoisotopic (exact) mass is 392 g/mol. The van der Waals surface area contributed by atoms with Gasteiger partial charge in [-0.1, -0.05) is 12.1 Å². The largest absolute Gasteiger partial charge is 0.466 e. The maximum atomic E-state index is 12.8. The molecular weight excluding hydrogens is 376 g/mol. The summed E-state index contributed by atoms with van der Waals surface area (Å²) >= 11 is 0. The van der Waals surface area contributed by atoms with Crippen molar-refractivity contribution in [3.05, 3.63) is 81.0 Å². The zero-order valence-electron chi connectivity index (χ0n) is 15.6. The van der Waals surface area contributed by atoms with Crippen LogP contribution >= 0.6 is 0 Å². The van der Waals surface area contributed by atoms with Gasteiger partial charge in [0.15, 0.2) is 0 Å². The molecule has 9 nitrogen and oxygen atoms in total. The number of nitro benzene ring substituents is 1. The van der Waals surface area contributed by atoms with Crippen LogP contribution in [0.2, 0.25) is 0 Å². The maximum absolute atomic E-state index is 12.8. The van der Waals surface area contributed by atoms with Gasteiger partial charge >= 0.3 is 12.0 Å². The zero-order valence-corrected chi connectivity index (χ0v) is 15.6. The molecule has 3 rings (SSSR count). The Labute approximate surface area is 166 Å². The van der Waals surface area contributed by atoms with Gasteiger partial charge in [0, 0.05) is 17.8 Å². The van der Waals surface area contributed by atoms with Gasteiger partial charge in [0.05, 0.1) is 41.0 Å². The molecular formula is C20H16N4O5. The molecule has 1 atom stereocenters. The number of allylic oxidation sites excluding steroid dienone is 1. The lowest BCUT2D eigenvalue weighted by molar-refractivity contribution is -0.384. The first kappa shape index (κ1) is 19.6. The van der Waals surface area contributed by atoms with Crippen LogP contribution in [0.3, 0.4) is 0 Å². The molecule has 146 valence electrons. The highest BCUT2D eigenvalue weighted by molar-refractivity contribution is 6.03. The second-order valence-corrected chi connectivity index (χ2v) is 6.22. The molecule has 2 amide bonds. The first-order chi connectivity index (χ1) is 13.9. The van der Waals surface area contributed by atoms with E-state index in [2.05, 4.69) is 5.32 Å². The summed E-state index contributed by atoms with van der Waals surface area (Å²) < 4.78 is 4.91. The molecule has 0 spiro atoms. The van der Waals surface area contributed by atoms with Crippen LogP contribution in [0.25, 0.3) is 0 Å². The molecule has 1 heterocycles. The van der Waals surface area contributed by atoms with Gasteiger partial charge in [0.2, 0.25) is 0 Å². The number of non-ortho nitro benzene ring substituents is 1. The molecule has 2 aromatic carbocycles. The van der Waals surface area contributed by atoms with Crippen molar-refractivity contribution >= 4 is 23.4 Å². The number of hydrogen-bond acceptors (Lipinski definition) is 6. The van der Waals surface area contributed by atoms with Crippen molar-refractivity contribution in [3.63, 3.8) is 0 Å². The Balaban J connectivity index is 2.11. The molecule has 0 saturated heterocycles. The number of urea groups is 1. The van der Waals surface area contributed by atoms with Gasteiger partial charge in [-0.05, 0) is 36.8 Å². The minimum absolute atomic E-state index is 0.118. The van der Waals surface area contributed by atoms with Gasteiger partial charge < -0.3 is 10.1 Å². The number of nitriles is 1. The number of nitro groups is 1. The highest BCUT2D eigenvalue weighted by atomic mass is 16.6. The average Bonchev–Trinajstić information content (AvgIpc) is 2.73. The van der Waals surface area contributed by atoms with Crippen molar-refractivity contribution in [2.24, 2.45) is 0 Å². The highest BCUT2D eigenvalue weighted by Gasteiger charge is 2.37. The van der Waals surface area contributed by atoms with E-state index in [4.69, 9.17) is 10.00 Å². The fourth-order valence-corrected chi connectivity index (χ4v) is 3.19. The standard InChI is InChI=1S/C20H16N4O5/c1-12-17(19(25)29-2)18(14-5-3-4-13(10-14)11-21)22-20(26)23(12)15-6-8-16(9-7-15)24(27)28/h3-10,18H,1-2H3,(H,22,26). The Morgan fingerprint density at radius 3 is 2.55 bits per heavy atom. The fraction of sp³-hybridized carbons (Fsp3) is 0.150. The highest BCUT2D eigenvalue weighted by Crippen LogP contribution is 2.34. The molecule has 0 aliphatic carbocycles. The lowest BCUT2D eigenvalue weighted by Crippen LogP contribution is -2.48. The van der Waals surface area contributed by atoms with Crippen LogP contribution in [-0.4, -0.2) is 24.0 Å². The zero-order chi connectivity index (χ0) is 21.1. The van der Waals surface area contributed by atoms with Crippen LogP contribution < -0.4 is 10.2 Å². The molecule has 0 fully saturated rings. The molecule has 0 radical (unpaired) electrons. The number of amides is 2. The lowest BCUT2D eigenvalue weighted by Gasteiger charge is -2.35. The molecule has 0 aromatic heterocycles. The lowest BCUT2D eigenvalue weighted by atomic mass is 9.93. The minimum Gasteiger partial charge on any atom is -0.466 e. The maximum Gasteiger partial charge on any atom is 0.337 e. The van der Waals surface area contributed by atoms with Gasteiger partial charge in [-0.2, -0.15) is 5.26 Å². The van der Waals surface area contributed by atoms with Crippen molar-refractivity contribution in [2.45, 2.75) is 13.0 Å². The summed E-state index contributed by atoms with van der Waals surface area (Å²) in [6, 6.07) is 12.7. The molecule has 2 aromatic rings. The first-order valence-electron chi connectivity index (χ1n) is 8.51. The number of esters is 1. The van der Waals surface area contributed by atoms with Crippen molar-refractivity contribution in [1.29, 1.82) is 5.26 Å². The van der Waals surface area contributed by atoms with Crippen LogP contribution in [0.4, 0.5) is 16.2 Å². The van der Waals surface area contributed by atoms with Crippen molar-refractivity contribution in [1.82, 2.24) is 5.32 Å². The Morgan fingerprint density at radius 2 is 1.97 bits per heavy atom. The second kappa shape index (κ2) is 7.82. The topological polar surface area (TPSA) is 126 Å². The number of carbonyl (C=O) groups excluding carboxylic acids is 2. The molecule has 29 heavy (non-hydrogen) atoms. The number of ether oxygens (including phenoxy) is 1. The summed E-state index contributed by atoms with van der Waals surface area (Å²) in [5.74, 6) is -0.637. The summed E-state index contributed by atoms with van der Waals surface area (Å²) in [6.07, 6.45) is 0. The number of rotatable bonds is 4. The van der Waals surface area contributed by atoms with Gasteiger partial charge in [0.1, 0.15) is 0 Å². The summed E-state index contributed by atoms with van der Waals surface area (Å²) in [4.78, 5) is 37.0. The molecule has 1 unspecified atom stereocenters. The van der Waals surface area contributed by atoms with Crippen molar-refractivity contribution in [3.8, 4) is 6.07 Å². The summed E-state index contributed by atoms with van der Waals surface area (Å²) in [7, 11) is 1.23. The number of nitrogens with zero attached hydrogens (tertiary/aromatic N) is 3. The quantitative estimate of drug-likeness (QED) is 0.484. The number of methoxy groups -OCH3 is 1. The molecule has 9 heteroatoms. The number of benzene rings is 2. The van der Waals surface area contributed by atoms with Crippen molar-refractivity contribution < 1.29 is 19.2 Å². The van der Waals surface area contributed by atoms with E-state index < -0.39 is 23.0 Å². The fourth-order valence-electron chi connectivity index (χ4n) is 3.19. The van der Waals surface area contributed by atoms with E-state index in [-0.39, 0.29) is 11.3 Å². The molecule has 1 N–H and O–H groups in total. The van der Waals surface area contributed by atoms with Gasteiger partial charge in [-0.3, -0.25) is 15.0 Å². The number of carbonyl (C=O) groups is 2. The first-order valence-corrected chi connectivity index (χ1v) is 8.51. The van der Waals surface area contributed by atoms with Crippen LogP contribution in [0.1, 0.15) is 24.1 Å². The SMILES string of the molecule is COC(=O)C1=C(C)N(c2ccc([N+](=O)[O-])cc2)C(=O)NC1c1cccc(C#N)c1. The number of nitrogens with one attached hydrogen (secondary N) is 1. The van der Waals surface area contributed by atoms with Gasteiger partial charge in [-0.25, -0.2) is 9.59 Å². The van der Waals surface area contributed by atoms with E-state index in [1.165, 1.54) is 36.3 Å². The summed E-state index contributed by atoms with van der Waals surface area (Å²) in [5, 5.41) is 22.8. The number of anilines is 1. The Bertz CT molecular complexity index is 1070. The molecule has 0 saturated carbocycles. The molecule has 1 aliphatic heterocycles. The van der Waals surface area contributed by atoms with Crippen LogP contribution in [0.15, 0.2) is 59.8 Å². The van der Waals surface area contributed by atoms with E-state index in [9.17, 15) is 19.7 Å². The van der Waals surface area contributed by atoms with E-state index in [0.717, 1.165) is 0 Å².